The molecule has 0 radical (unpaired) electrons. The quantitative estimate of drug-likeness (QED) is 0.545. The third kappa shape index (κ3) is 0.947. The molecule has 13 heavy (non-hydrogen) atoms. The van der Waals surface area contributed by atoms with E-state index in [1.165, 1.54) is 4.68 Å². The van der Waals surface area contributed by atoms with E-state index in [1.807, 2.05) is 0 Å². The molecule has 0 saturated carbocycles. The van der Waals surface area contributed by atoms with E-state index in [1.54, 1.807) is 18.8 Å². The number of aromatic nitrogens is 2. The van der Waals surface area contributed by atoms with Crippen LogP contribution < -0.4 is 16.2 Å². The van der Waals surface area contributed by atoms with Crippen molar-refractivity contribution in [1.29, 1.82) is 0 Å². The Morgan fingerprint density at radius 3 is 2.62 bits per heavy atom. The summed E-state index contributed by atoms with van der Waals surface area (Å²) in [7, 11) is 3.36. The highest BCUT2D eigenvalue weighted by Gasteiger charge is 2.22. The van der Waals surface area contributed by atoms with Gasteiger partial charge >= 0.3 is 0 Å². The maximum absolute atomic E-state index is 11.5. The first-order valence-electron chi connectivity index (χ1n) is 3.91. The van der Waals surface area contributed by atoms with E-state index in [4.69, 9.17) is 0 Å². The smallest absolute Gasteiger partial charge is 0.292 e. The molecular formula is C7H10N4O2. The van der Waals surface area contributed by atoms with Crippen LogP contribution in [0.1, 0.15) is 0 Å². The molecule has 0 fully saturated rings. The highest BCUT2D eigenvalue weighted by atomic mass is 16.2. The fourth-order valence-electron chi connectivity index (χ4n) is 1.36. The predicted molar refractivity (Wildman–Crippen MR) is 47.8 cm³/mol. The van der Waals surface area contributed by atoms with Crippen LogP contribution in [0, 0.1) is 0 Å². The van der Waals surface area contributed by atoms with Gasteiger partial charge in [-0.3, -0.25) is 19.0 Å². The van der Waals surface area contributed by atoms with Gasteiger partial charge in [0.15, 0.2) is 5.82 Å². The van der Waals surface area contributed by atoms with Crippen molar-refractivity contribution in [3.63, 3.8) is 0 Å². The second-order valence-corrected chi connectivity index (χ2v) is 2.98. The summed E-state index contributed by atoms with van der Waals surface area (Å²) >= 11 is 0. The third-order valence-corrected chi connectivity index (χ3v) is 2.20. The normalized spacial score (nSPS) is 14.8. The summed E-state index contributed by atoms with van der Waals surface area (Å²) in [6.07, 6.45) is 0. The number of nitrogens with zero attached hydrogens (tertiary/aromatic N) is 2. The lowest BCUT2D eigenvalue weighted by molar-refractivity contribution is -0.114. The van der Waals surface area contributed by atoms with Crippen LogP contribution in [0.15, 0.2) is 4.79 Å². The standard InChI is InChI=1S/C7H10N4O2/c1-10-6-5(7(13)11(10)2)8-3-4(12)9-6/h8H,3H2,1-2H3,(H,9,12). The van der Waals surface area contributed by atoms with Gasteiger partial charge in [-0.05, 0) is 0 Å². The van der Waals surface area contributed by atoms with Crippen molar-refractivity contribution >= 4 is 17.4 Å². The van der Waals surface area contributed by atoms with Gasteiger partial charge in [0, 0.05) is 14.1 Å². The number of amides is 1. The number of carbonyl (C=O) groups excluding carboxylic acids is 1. The molecule has 0 spiro atoms. The summed E-state index contributed by atoms with van der Waals surface area (Å²) < 4.78 is 3.03. The maximum atomic E-state index is 11.5. The average molecular weight is 182 g/mol. The molecule has 0 unspecified atom stereocenters. The van der Waals surface area contributed by atoms with Gasteiger partial charge in [0.1, 0.15) is 5.69 Å². The van der Waals surface area contributed by atoms with Crippen LogP contribution >= 0.6 is 0 Å². The molecule has 0 aliphatic carbocycles. The molecule has 1 amide bonds. The lowest BCUT2D eigenvalue weighted by Crippen LogP contribution is -2.29. The average Bonchev–Trinajstić information content (AvgIpc) is 2.32. The van der Waals surface area contributed by atoms with Gasteiger partial charge < -0.3 is 10.6 Å². The Balaban J connectivity index is 2.66. The van der Waals surface area contributed by atoms with Crippen molar-refractivity contribution in [1.82, 2.24) is 9.36 Å². The number of fused-ring (bicyclic) bond motifs is 1. The summed E-state index contributed by atoms with van der Waals surface area (Å²) in [5.41, 5.74) is 0.335. The molecule has 6 heteroatoms. The van der Waals surface area contributed by atoms with Crippen LogP contribution in [0.3, 0.4) is 0 Å². The number of nitrogens with one attached hydrogen (secondary N) is 2. The minimum Gasteiger partial charge on any atom is -0.369 e. The Kier molecular flexibility index (Phi) is 1.45. The molecule has 0 atom stereocenters. The molecule has 1 aliphatic heterocycles. The maximum Gasteiger partial charge on any atom is 0.292 e. The van der Waals surface area contributed by atoms with Crippen LogP contribution in [0.4, 0.5) is 11.5 Å². The number of hydrogen-bond donors (Lipinski definition) is 2. The van der Waals surface area contributed by atoms with E-state index in [0.29, 0.717) is 11.5 Å². The Hall–Kier alpha value is -1.72. The summed E-state index contributed by atoms with van der Waals surface area (Å²) in [5.74, 6) is 0.400. The third-order valence-electron chi connectivity index (χ3n) is 2.20. The molecule has 0 aromatic carbocycles. The highest BCUT2D eigenvalue weighted by Crippen LogP contribution is 2.19. The molecule has 70 valence electrons. The summed E-state index contributed by atoms with van der Waals surface area (Å²) in [4.78, 5) is 22.5. The minimum atomic E-state index is -0.131. The Bertz CT molecular complexity index is 428. The molecule has 1 aromatic rings. The SMILES string of the molecule is Cn1c2c(c(=O)n1C)NCC(=O)N2. The largest absolute Gasteiger partial charge is 0.369 e. The fraction of sp³-hybridized carbons (Fsp3) is 0.429. The van der Waals surface area contributed by atoms with Gasteiger partial charge in [0.05, 0.1) is 6.54 Å². The highest BCUT2D eigenvalue weighted by molar-refractivity contribution is 5.99. The monoisotopic (exact) mass is 182 g/mol. The van der Waals surface area contributed by atoms with E-state index in [9.17, 15) is 9.59 Å². The number of hydrogen-bond acceptors (Lipinski definition) is 3. The number of carbonyl (C=O) groups is 1. The van der Waals surface area contributed by atoms with E-state index in [0.717, 1.165) is 0 Å². The van der Waals surface area contributed by atoms with Crippen LogP contribution in [0.5, 0.6) is 0 Å². The van der Waals surface area contributed by atoms with E-state index < -0.39 is 0 Å². The lowest BCUT2D eigenvalue weighted by atomic mass is 10.4. The molecule has 1 aliphatic rings. The Morgan fingerprint density at radius 1 is 1.23 bits per heavy atom. The van der Waals surface area contributed by atoms with E-state index in [2.05, 4.69) is 10.6 Å². The van der Waals surface area contributed by atoms with E-state index in [-0.39, 0.29) is 18.0 Å². The fourth-order valence-corrected chi connectivity index (χ4v) is 1.36. The lowest BCUT2D eigenvalue weighted by Gasteiger charge is -2.14. The zero-order valence-corrected chi connectivity index (χ0v) is 7.42. The van der Waals surface area contributed by atoms with Crippen LogP contribution in [-0.4, -0.2) is 21.8 Å². The van der Waals surface area contributed by atoms with Crippen molar-refractivity contribution in [2.45, 2.75) is 0 Å². The predicted octanol–water partition coefficient (Wildman–Crippen LogP) is -0.912. The van der Waals surface area contributed by atoms with Crippen LogP contribution in [0.25, 0.3) is 0 Å². The first-order valence-corrected chi connectivity index (χ1v) is 3.91. The zero-order chi connectivity index (χ0) is 9.59. The molecule has 2 N–H and O–H groups in total. The van der Waals surface area contributed by atoms with Crippen molar-refractivity contribution in [2.75, 3.05) is 17.2 Å². The topological polar surface area (TPSA) is 68.1 Å². The molecule has 0 saturated heterocycles. The van der Waals surface area contributed by atoms with Gasteiger partial charge in [0.25, 0.3) is 5.56 Å². The zero-order valence-electron chi connectivity index (χ0n) is 7.42. The van der Waals surface area contributed by atoms with Crippen LogP contribution in [-0.2, 0) is 18.9 Å². The molecule has 6 nitrogen and oxygen atoms in total. The second kappa shape index (κ2) is 2.38. The number of rotatable bonds is 0. The Labute approximate surface area is 74.1 Å². The van der Waals surface area contributed by atoms with Gasteiger partial charge in [-0.15, -0.1) is 0 Å². The van der Waals surface area contributed by atoms with E-state index >= 15 is 0 Å². The second-order valence-electron chi connectivity index (χ2n) is 2.98. The molecule has 1 aromatic heterocycles. The van der Waals surface area contributed by atoms with Crippen LogP contribution in [0.2, 0.25) is 0 Å². The Morgan fingerprint density at radius 2 is 1.92 bits per heavy atom. The van der Waals surface area contributed by atoms with Gasteiger partial charge in [-0.1, -0.05) is 0 Å². The first kappa shape index (κ1) is 7.90. The van der Waals surface area contributed by atoms with Crippen molar-refractivity contribution in [2.24, 2.45) is 14.1 Å². The minimum absolute atomic E-state index is 0.127. The summed E-state index contributed by atoms with van der Waals surface area (Å²) in [6, 6.07) is 0. The number of anilines is 2. The molecule has 2 heterocycles. The molecule has 0 bridgehead atoms. The summed E-state index contributed by atoms with van der Waals surface area (Å²) in [5, 5.41) is 5.41. The van der Waals surface area contributed by atoms with Gasteiger partial charge in [0.2, 0.25) is 5.91 Å². The first-order chi connectivity index (χ1) is 6.11. The van der Waals surface area contributed by atoms with Gasteiger partial charge in [-0.2, -0.15) is 0 Å². The summed E-state index contributed by atoms with van der Waals surface area (Å²) in [6.45, 7) is 0.159. The molecular weight excluding hydrogens is 172 g/mol. The van der Waals surface area contributed by atoms with Crippen molar-refractivity contribution in [3.8, 4) is 0 Å². The molecule has 2 rings (SSSR count). The van der Waals surface area contributed by atoms with Crippen molar-refractivity contribution in [3.05, 3.63) is 10.4 Å². The van der Waals surface area contributed by atoms with Gasteiger partial charge in [-0.25, -0.2) is 0 Å². The van der Waals surface area contributed by atoms with Crippen molar-refractivity contribution < 1.29 is 4.79 Å².